The molecule has 1 aromatic rings. The van der Waals surface area contributed by atoms with Gasteiger partial charge in [0.05, 0.1) is 12.6 Å². The summed E-state index contributed by atoms with van der Waals surface area (Å²) in [5, 5.41) is 21.0. The molecule has 0 radical (unpaired) electrons. The van der Waals surface area contributed by atoms with Gasteiger partial charge in [0.2, 0.25) is 0 Å². The first-order valence-electron chi connectivity index (χ1n) is 7.75. The Morgan fingerprint density at radius 2 is 2.21 bits per heavy atom. The van der Waals surface area contributed by atoms with E-state index in [4.69, 9.17) is 10.6 Å². The molecule has 0 bridgehead atoms. The Hall–Kier alpha value is -1.80. The van der Waals surface area contributed by atoms with Crippen LogP contribution in [0.5, 0.6) is 0 Å². The van der Waals surface area contributed by atoms with Gasteiger partial charge >= 0.3 is 0 Å². The van der Waals surface area contributed by atoms with Crippen molar-refractivity contribution in [1.82, 2.24) is 5.01 Å². The van der Waals surface area contributed by atoms with Gasteiger partial charge in [0.15, 0.2) is 5.78 Å². The Labute approximate surface area is 140 Å². The molecule has 24 heavy (non-hydrogen) atoms. The summed E-state index contributed by atoms with van der Waals surface area (Å²) < 4.78 is 18.7. The van der Waals surface area contributed by atoms with Gasteiger partial charge in [-0.15, -0.1) is 0 Å². The molecule has 0 aromatic heterocycles. The summed E-state index contributed by atoms with van der Waals surface area (Å²) in [5.74, 6) is 5.50. The van der Waals surface area contributed by atoms with E-state index in [-0.39, 0.29) is 18.0 Å². The molecule has 0 saturated carbocycles. The molecule has 2 rings (SSSR count). The zero-order chi connectivity index (χ0) is 17.9. The van der Waals surface area contributed by atoms with Crippen LogP contribution in [0.4, 0.5) is 4.39 Å². The molecule has 1 saturated heterocycles. The molecule has 6 nitrogen and oxygen atoms in total. The molecule has 4 atom stereocenters. The minimum atomic E-state index is -1.05. The van der Waals surface area contributed by atoms with Crippen LogP contribution in [0.1, 0.15) is 25.8 Å². The van der Waals surface area contributed by atoms with Crippen molar-refractivity contribution in [1.29, 1.82) is 0 Å². The number of allylic oxidation sites excluding steroid dienone is 1. The zero-order valence-corrected chi connectivity index (χ0v) is 13.7. The summed E-state index contributed by atoms with van der Waals surface area (Å²) >= 11 is 0. The standard InChI is InChI=1S/C17H23FN2O4/c1-10(12-4-3-5-13(18)6-12)8-20(19)14-7-15(11(2)22)24-16(9-21)17(14)23/h3-6,8,14-17,21,23H,7,9,19H2,1-2H3/b10-8+/t14-,15-,16-,17-/m1/s1. The van der Waals surface area contributed by atoms with Crippen molar-refractivity contribution in [2.45, 2.75) is 44.6 Å². The minimum absolute atomic E-state index is 0.190. The largest absolute Gasteiger partial charge is 0.394 e. The molecule has 0 amide bonds. The van der Waals surface area contributed by atoms with Crippen LogP contribution in [0.2, 0.25) is 0 Å². The Morgan fingerprint density at radius 1 is 1.50 bits per heavy atom. The van der Waals surface area contributed by atoms with Crippen LogP contribution < -0.4 is 5.84 Å². The van der Waals surface area contributed by atoms with Gasteiger partial charge in [-0.25, -0.2) is 10.2 Å². The Balaban J connectivity index is 2.21. The Kier molecular flexibility index (Phi) is 6.06. The molecule has 1 aromatic carbocycles. The van der Waals surface area contributed by atoms with Crippen molar-refractivity contribution in [3.63, 3.8) is 0 Å². The number of aliphatic hydroxyl groups is 2. The second-order valence-electron chi connectivity index (χ2n) is 6.02. The summed E-state index contributed by atoms with van der Waals surface area (Å²) in [6.45, 7) is 2.75. The lowest BCUT2D eigenvalue weighted by atomic mass is 9.93. The van der Waals surface area contributed by atoms with Crippen LogP contribution in [0.3, 0.4) is 0 Å². The number of nitrogens with two attached hydrogens (primary N) is 1. The Morgan fingerprint density at radius 3 is 2.79 bits per heavy atom. The number of ether oxygens (including phenoxy) is 1. The third-order valence-corrected chi connectivity index (χ3v) is 4.21. The van der Waals surface area contributed by atoms with Crippen molar-refractivity contribution in [2.24, 2.45) is 5.84 Å². The number of aliphatic hydroxyl groups excluding tert-OH is 2. The van der Waals surface area contributed by atoms with E-state index in [1.807, 2.05) is 0 Å². The summed E-state index contributed by atoms with van der Waals surface area (Å²) in [4.78, 5) is 11.6. The molecule has 4 N–H and O–H groups in total. The van der Waals surface area contributed by atoms with Gasteiger partial charge in [0.1, 0.15) is 24.1 Å². The van der Waals surface area contributed by atoms with Crippen molar-refractivity contribution >= 4 is 11.4 Å². The van der Waals surface area contributed by atoms with Crippen LogP contribution in [0.25, 0.3) is 5.57 Å². The molecule has 1 aliphatic heterocycles. The summed E-state index contributed by atoms with van der Waals surface area (Å²) in [7, 11) is 0. The maximum Gasteiger partial charge on any atom is 0.158 e. The molecule has 1 aliphatic rings. The van der Waals surface area contributed by atoms with Gasteiger partial charge in [0.25, 0.3) is 0 Å². The minimum Gasteiger partial charge on any atom is -0.394 e. The number of nitrogens with zero attached hydrogens (tertiary/aromatic N) is 1. The van der Waals surface area contributed by atoms with Crippen LogP contribution in [-0.4, -0.2) is 52.0 Å². The number of hydrogen-bond donors (Lipinski definition) is 3. The van der Waals surface area contributed by atoms with E-state index < -0.39 is 31.0 Å². The summed E-state index contributed by atoms with van der Waals surface area (Å²) in [6.07, 6.45) is -0.876. The SMILES string of the molecule is CC(=O)[C@H]1C[C@@H](N(N)/C=C(\C)c2cccc(F)c2)[C@@H](O)[C@@H](CO)O1. The van der Waals surface area contributed by atoms with Crippen LogP contribution in [0.15, 0.2) is 30.5 Å². The first-order chi connectivity index (χ1) is 11.3. The van der Waals surface area contributed by atoms with Crippen LogP contribution in [-0.2, 0) is 9.53 Å². The van der Waals surface area contributed by atoms with E-state index in [9.17, 15) is 19.4 Å². The molecule has 7 heteroatoms. The quantitative estimate of drug-likeness (QED) is 0.544. The lowest BCUT2D eigenvalue weighted by molar-refractivity contribution is -0.171. The fourth-order valence-corrected chi connectivity index (χ4v) is 2.79. The topological polar surface area (TPSA) is 96.0 Å². The van der Waals surface area contributed by atoms with Gasteiger partial charge in [-0.05, 0) is 37.1 Å². The van der Waals surface area contributed by atoms with Crippen molar-refractivity contribution in [3.8, 4) is 0 Å². The van der Waals surface area contributed by atoms with E-state index in [0.717, 1.165) is 0 Å². The molecular weight excluding hydrogens is 315 g/mol. The average molecular weight is 338 g/mol. The van der Waals surface area contributed by atoms with Crippen LogP contribution >= 0.6 is 0 Å². The first-order valence-corrected chi connectivity index (χ1v) is 7.75. The van der Waals surface area contributed by atoms with Gasteiger partial charge < -0.3 is 20.0 Å². The predicted octanol–water partition coefficient (Wildman–Crippen LogP) is 0.831. The van der Waals surface area contributed by atoms with Gasteiger partial charge in [-0.1, -0.05) is 12.1 Å². The zero-order valence-electron chi connectivity index (χ0n) is 13.7. The molecule has 132 valence electrons. The van der Waals surface area contributed by atoms with E-state index in [2.05, 4.69) is 0 Å². The van der Waals surface area contributed by atoms with Gasteiger partial charge in [-0.3, -0.25) is 4.79 Å². The Bertz CT molecular complexity index is 622. The number of rotatable bonds is 5. The highest BCUT2D eigenvalue weighted by Gasteiger charge is 2.40. The van der Waals surface area contributed by atoms with Crippen molar-refractivity contribution in [3.05, 3.63) is 41.8 Å². The van der Waals surface area contributed by atoms with Gasteiger partial charge in [-0.2, -0.15) is 0 Å². The second-order valence-corrected chi connectivity index (χ2v) is 6.02. The second kappa shape index (κ2) is 7.85. The number of ketones is 1. The first kappa shape index (κ1) is 18.5. The highest BCUT2D eigenvalue weighted by atomic mass is 19.1. The molecule has 0 aliphatic carbocycles. The van der Waals surface area contributed by atoms with E-state index in [1.54, 1.807) is 25.3 Å². The molecule has 1 heterocycles. The number of carbonyl (C=O) groups is 1. The lowest BCUT2D eigenvalue weighted by Gasteiger charge is -2.41. The van der Waals surface area contributed by atoms with Crippen molar-refractivity contribution in [2.75, 3.05) is 6.61 Å². The van der Waals surface area contributed by atoms with Crippen LogP contribution in [0, 0.1) is 5.82 Å². The third kappa shape index (κ3) is 4.18. The average Bonchev–Trinajstić information content (AvgIpc) is 2.54. The van der Waals surface area contributed by atoms with E-state index >= 15 is 0 Å². The normalized spacial score (nSPS) is 27.8. The number of benzene rings is 1. The van der Waals surface area contributed by atoms with E-state index in [1.165, 1.54) is 24.1 Å². The molecular formula is C17H23FN2O4. The monoisotopic (exact) mass is 338 g/mol. The highest BCUT2D eigenvalue weighted by Crippen LogP contribution is 2.25. The number of halogens is 1. The maximum atomic E-state index is 13.3. The molecule has 0 spiro atoms. The molecule has 0 unspecified atom stereocenters. The van der Waals surface area contributed by atoms with Gasteiger partial charge in [0, 0.05) is 12.6 Å². The van der Waals surface area contributed by atoms with E-state index in [0.29, 0.717) is 11.1 Å². The number of hydrazine groups is 1. The summed E-state index contributed by atoms with van der Waals surface area (Å²) in [5.41, 5.74) is 1.37. The smallest absolute Gasteiger partial charge is 0.158 e. The predicted molar refractivity (Wildman–Crippen MR) is 86.9 cm³/mol. The highest BCUT2D eigenvalue weighted by molar-refractivity contribution is 5.80. The molecule has 1 fully saturated rings. The number of hydrogen-bond acceptors (Lipinski definition) is 6. The fourth-order valence-electron chi connectivity index (χ4n) is 2.79. The fraction of sp³-hybridized carbons (Fsp3) is 0.471. The lowest BCUT2D eigenvalue weighted by Crippen LogP contribution is -2.58. The maximum absolute atomic E-state index is 13.3. The third-order valence-electron chi connectivity index (χ3n) is 4.21. The summed E-state index contributed by atoms with van der Waals surface area (Å²) in [6, 6.07) is 5.48. The van der Waals surface area contributed by atoms with Crippen molar-refractivity contribution < 1.29 is 24.1 Å². The number of carbonyl (C=O) groups excluding carboxylic acids is 1. The number of Topliss-reactive ketones (excluding diaryl/α,β-unsaturated/α-hetero) is 1.